The zero-order valence-electron chi connectivity index (χ0n) is 15.4. The van der Waals surface area contributed by atoms with E-state index >= 15 is 0 Å². The number of aryl methyl sites for hydroxylation is 2. The van der Waals surface area contributed by atoms with E-state index in [1.54, 1.807) is 25.1 Å². The van der Waals surface area contributed by atoms with Crippen molar-refractivity contribution in [3.8, 4) is 0 Å². The number of ketones is 1. The molecule has 0 saturated carbocycles. The minimum absolute atomic E-state index is 0.0761. The molecule has 1 amide bonds. The summed E-state index contributed by atoms with van der Waals surface area (Å²) in [4.78, 5) is 23.2. The fraction of sp³-hybridized carbons (Fsp3) is 0.300. The largest absolute Gasteiger partial charge is 0.366 e. The van der Waals surface area contributed by atoms with Crippen LogP contribution in [0.4, 0.5) is 0 Å². The van der Waals surface area contributed by atoms with Crippen LogP contribution >= 0.6 is 0 Å². The van der Waals surface area contributed by atoms with Crippen LogP contribution in [-0.4, -0.2) is 20.1 Å². The maximum Gasteiger partial charge on any atom is 0.248 e. The molecule has 0 saturated heterocycles. The fourth-order valence-corrected chi connectivity index (χ4v) is 5.00. The molecule has 2 aromatic carbocycles. The molecule has 0 fully saturated rings. The van der Waals surface area contributed by atoms with E-state index in [1.165, 1.54) is 13.0 Å². The molecule has 2 rings (SSSR count). The van der Waals surface area contributed by atoms with Crippen molar-refractivity contribution >= 4 is 21.5 Å². The normalized spacial score (nSPS) is 11.4. The summed E-state index contributed by atoms with van der Waals surface area (Å²) in [7, 11) is -3.49. The van der Waals surface area contributed by atoms with Gasteiger partial charge in [-0.1, -0.05) is 18.2 Å². The van der Waals surface area contributed by atoms with Crippen LogP contribution in [0.15, 0.2) is 30.3 Å². The molecule has 0 radical (unpaired) electrons. The van der Waals surface area contributed by atoms with Gasteiger partial charge in [0.2, 0.25) is 5.91 Å². The summed E-state index contributed by atoms with van der Waals surface area (Å²) in [5.74, 6) is -1.03. The van der Waals surface area contributed by atoms with Crippen molar-refractivity contribution in [3.05, 3.63) is 69.3 Å². The number of hydrogen-bond donors (Lipinski definition) is 1. The minimum Gasteiger partial charge on any atom is -0.366 e. The van der Waals surface area contributed by atoms with Crippen LogP contribution in [0.3, 0.4) is 0 Å². The quantitative estimate of drug-likeness (QED) is 0.788. The number of primary amides is 1. The van der Waals surface area contributed by atoms with E-state index in [0.29, 0.717) is 22.3 Å². The highest BCUT2D eigenvalue weighted by Crippen LogP contribution is 2.25. The molecule has 0 aromatic heterocycles. The van der Waals surface area contributed by atoms with Gasteiger partial charge in [-0.25, -0.2) is 8.42 Å². The summed E-state index contributed by atoms with van der Waals surface area (Å²) >= 11 is 0. The summed E-state index contributed by atoms with van der Waals surface area (Å²) in [5, 5.41) is 0. The number of carbonyl (C=O) groups excluding carboxylic acids is 2. The lowest BCUT2D eigenvalue weighted by Crippen LogP contribution is -2.14. The summed E-state index contributed by atoms with van der Waals surface area (Å²) in [5.41, 5.74) is 9.68. The molecule has 0 aliphatic heterocycles. The Morgan fingerprint density at radius 3 is 2.23 bits per heavy atom. The number of nitrogens with two attached hydrogens (primary N) is 1. The Morgan fingerprint density at radius 2 is 1.65 bits per heavy atom. The third-order valence-corrected chi connectivity index (χ3v) is 5.95. The number of hydrogen-bond acceptors (Lipinski definition) is 4. The molecular weight excluding hydrogens is 350 g/mol. The van der Waals surface area contributed by atoms with Crippen molar-refractivity contribution in [1.29, 1.82) is 0 Å². The standard InChI is InChI=1S/C20H23NO4S/c1-12-8-13(2)19(15(4)22)14(3)18(12)11-26(24,25)10-16-6-5-7-17(9-16)20(21)23/h5-9H,10-11H2,1-4H3,(H2,21,23). The van der Waals surface area contributed by atoms with E-state index in [0.717, 1.165) is 11.1 Å². The summed E-state index contributed by atoms with van der Waals surface area (Å²) < 4.78 is 25.4. The number of carbonyl (C=O) groups is 2. The van der Waals surface area contributed by atoms with E-state index in [9.17, 15) is 18.0 Å². The first-order valence-corrected chi connectivity index (χ1v) is 10.0. The van der Waals surface area contributed by atoms with Gasteiger partial charge in [0.25, 0.3) is 0 Å². The monoisotopic (exact) mass is 373 g/mol. The second-order valence-corrected chi connectivity index (χ2v) is 8.71. The van der Waals surface area contributed by atoms with Crippen molar-refractivity contribution in [1.82, 2.24) is 0 Å². The van der Waals surface area contributed by atoms with Crippen LogP contribution in [-0.2, 0) is 21.3 Å². The lowest BCUT2D eigenvalue weighted by atomic mass is 9.92. The highest BCUT2D eigenvalue weighted by atomic mass is 32.2. The number of Topliss-reactive ketones (excluding diaryl/α,β-unsaturated/α-hetero) is 1. The van der Waals surface area contributed by atoms with Crippen molar-refractivity contribution in [2.24, 2.45) is 5.73 Å². The number of sulfone groups is 1. The van der Waals surface area contributed by atoms with E-state index < -0.39 is 15.7 Å². The van der Waals surface area contributed by atoms with Crippen molar-refractivity contribution in [2.75, 3.05) is 0 Å². The highest BCUT2D eigenvalue weighted by molar-refractivity contribution is 7.89. The maximum absolute atomic E-state index is 12.7. The van der Waals surface area contributed by atoms with E-state index in [4.69, 9.17) is 5.73 Å². The molecule has 26 heavy (non-hydrogen) atoms. The predicted molar refractivity (Wildman–Crippen MR) is 102 cm³/mol. The molecule has 0 heterocycles. The van der Waals surface area contributed by atoms with E-state index in [2.05, 4.69) is 0 Å². The second kappa shape index (κ2) is 7.41. The van der Waals surface area contributed by atoms with E-state index in [-0.39, 0.29) is 22.9 Å². The Balaban J connectivity index is 2.38. The first kappa shape index (κ1) is 19.8. The first-order valence-electron chi connectivity index (χ1n) is 8.21. The molecule has 0 bridgehead atoms. The molecule has 0 unspecified atom stereocenters. The Hall–Kier alpha value is -2.47. The fourth-order valence-electron chi connectivity index (χ4n) is 3.33. The lowest BCUT2D eigenvalue weighted by molar-refractivity contribution is 0.0995. The molecule has 0 spiro atoms. The van der Waals surface area contributed by atoms with Crippen molar-refractivity contribution in [2.45, 2.75) is 39.2 Å². The average Bonchev–Trinajstić information content (AvgIpc) is 2.50. The molecule has 5 nitrogen and oxygen atoms in total. The van der Waals surface area contributed by atoms with Crippen LogP contribution in [0.1, 0.15) is 55.5 Å². The molecule has 0 atom stereocenters. The SMILES string of the molecule is CC(=O)c1c(C)cc(C)c(CS(=O)(=O)Cc2cccc(C(N)=O)c2)c1C. The van der Waals surface area contributed by atoms with Gasteiger partial charge < -0.3 is 5.73 Å². The third kappa shape index (κ3) is 4.38. The van der Waals surface area contributed by atoms with Crippen LogP contribution in [0.25, 0.3) is 0 Å². The van der Waals surface area contributed by atoms with Crippen LogP contribution in [0.2, 0.25) is 0 Å². The topological polar surface area (TPSA) is 94.3 Å². The zero-order valence-corrected chi connectivity index (χ0v) is 16.2. The summed E-state index contributed by atoms with van der Waals surface area (Å²) in [6.45, 7) is 6.97. The van der Waals surface area contributed by atoms with Gasteiger partial charge in [0, 0.05) is 11.1 Å². The van der Waals surface area contributed by atoms with E-state index in [1.807, 2.05) is 19.9 Å². The van der Waals surface area contributed by atoms with Gasteiger partial charge >= 0.3 is 0 Å². The summed E-state index contributed by atoms with van der Waals surface area (Å²) in [6.07, 6.45) is 0. The van der Waals surface area contributed by atoms with Gasteiger partial charge in [-0.15, -0.1) is 0 Å². The minimum atomic E-state index is -3.49. The molecule has 2 aromatic rings. The first-order chi connectivity index (χ1) is 12.0. The smallest absolute Gasteiger partial charge is 0.248 e. The van der Waals surface area contributed by atoms with Gasteiger partial charge in [-0.3, -0.25) is 9.59 Å². The number of benzene rings is 2. The molecule has 138 valence electrons. The van der Waals surface area contributed by atoms with Crippen LogP contribution in [0.5, 0.6) is 0 Å². The maximum atomic E-state index is 12.7. The van der Waals surface area contributed by atoms with Crippen LogP contribution < -0.4 is 5.73 Å². The van der Waals surface area contributed by atoms with Crippen molar-refractivity contribution in [3.63, 3.8) is 0 Å². The van der Waals surface area contributed by atoms with Gasteiger partial charge in [-0.2, -0.15) is 0 Å². The van der Waals surface area contributed by atoms with Gasteiger partial charge in [0.05, 0.1) is 11.5 Å². The number of amides is 1. The second-order valence-electron chi connectivity index (χ2n) is 6.64. The lowest BCUT2D eigenvalue weighted by Gasteiger charge is -2.16. The molecule has 0 aliphatic rings. The molecule has 2 N–H and O–H groups in total. The number of rotatable bonds is 6. The van der Waals surface area contributed by atoms with Gasteiger partial charge in [-0.05, 0) is 67.6 Å². The third-order valence-electron chi connectivity index (χ3n) is 4.45. The zero-order chi connectivity index (χ0) is 19.6. The van der Waals surface area contributed by atoms with Crippen LogP contribution in [0, 0.1) is 20.8 Å². The highest BCUT2D eigenvalue weighted by Gasteiger charge is 2.20. The summed E-state index contributed by atoms with van der Waals surface area (Å²) in [6, 6.07) is 8.16. The molecular formula is C20H23NO4S. The average molecular weight is 373 g/mol. The molecule has 0 aliphatic carbocycles. The Bertz CT molecular complexity index is 991. The molecule has 6 heteroatoms. The Labute approximate surface area is 154 Å². The Morgan fingerprint density at radius 1 is 1.00 bits per heavy atom. The van der Waals surface area contributed by atoms with Gasteiger partial charge in [0.1, 0.15) is 0 Å². The van der Waals surface area contributed by atoms with Crippen molar-refractivity contribution < 1.29 is 18.0 Å². The Kier molecular flexibility index (Phi) is 5.66. The predicted octanol–water partition coefficient (Wildman–Crippen LogP) is 3.03. The van der Waals surface area contributed by atoms with Gasteiger partial charge in [0.15, 0.2) is 15.6 Å².